The zero-order valence-corrected chi connectivity index (χ0v) is 16.7. The number of aryl methyl sites for hydroxylation is 3. The number of benzene rings is 1. The molecule has 0 aromatic heterocycles. The van der Waals surface area contributed by atoms with Crippen molar-refractivity contribution in [2.24, 2.45) is 0 Å². The Balaban J connectivity index is 1.74. The van der Waals surface area contributed by atoms with Gasteiger partial charge in [-0.25, -0.2) is 16.8 Å². The average molecular weight is 388 g/mol. The van der Waals surface area contributed by atoms with Gasteiger partial charge < -0.3 is 4.90 Å². The van der Waals surface area contributed by atoms with E-state index in [0.717, 1.165) is 16.7 Å². The van der Waals surface area contributed by atoms with Crippen molar-refractivity contribution in [2.75, 3.05) is 37.7 Å². The van der Waals surface area contributed by atoms with Crippen LogP contribution in [0.4, 0.5) is 0 Å². The Morgan fingerprint density at radius 3 is 2.12 bits per heavy atom. The zero-order chi connectivity index (χ0) is 18.4. The molecule has 3 rings (SSSR count). The normalized spacial score (nSPS) is 25.3. The summed E-state index contributed by atoms with van der Waals surface area (Å²) < 4.78 is 51.1. The third-order valence-corrected chi connectivity index (χ3v) is 9.35. The number of quaternary nitrogens is 1. The molecule has 0 radical (unpaired) electrons. The SMILES string of the molecule is Cc1cc(C)c(S(=O)(=O)N2CC[NH+]([C@H]3CCS(=O)(=O)C3)CC2)c(C)c1. The molecule has 2 heterocycles. The minimum absolute atomic E-state index is 0.123. The molecular formula is C17H27N2O4S2+. The van der Waals surface area contributed by atoms with Crippen LogP contribution in [0.2, 0.25) is 0 Å². The number of sulfonamides is 1. The summed E-state index contributed by atoms with van der Waals surface area (Å²) >= 11 is 0. The molecule has 0 aliphatic carbocycles. The van der Waals surface area contributed by atoms with Gasteiger partial charge in [0.05, 0.1) is 36.8 Å². The van der Waals surface area contributed by atoms with Crippen LogP contribution in [0.3, 0.4) is 0 Å². The first-order chi connectivity index (χ1) is 11.6. The lowest BCUT2D eigenvalue weighted by Gasteiger charge is -2.34. The number of nitrogens with zero attached hydrogens (tertiary/aromatic N) is 1. The Bertz CT molecular complexity index is 847. The minimum atomic E-state index is -3.51. The maximum absolute atomic E-state index is 13.1. The van der Waals surface area contributed by atoms with Crippen LogP contribution in [0.1, 0.15) is 23.1 Å². The molecule has 0 spiro atoms. The van der Waals surface area contributed by atoms with Crippen LogP contribution in [0.15, 0.2) is 17.0 Å². The second kappa shape index (κ2) is 6.64. The van der Waals surface area contributed by atoms with Crippen molar-refractivity contribution >= 4 is 19.9 Å². The van der Waals surface area contributed by atoms with Gasteiger partial charge >= 0.3 is 0 Å². The van der Waals surface area contributed by atoms with E-state index in [0.29, 0.717) is 37.5 Å². The Kier molecular flexibility index (Phi) is 5.00. The molecule has 2 aliphatic rings. The number of piperazine rings is 1. The first-order valence-electron chi connectivity index (χ1n) is 8.73. The van der Waals surface area contributed by atoms with Gasteiger partial charge in [0, 0.05) is 6.42 Å². The van der Waals surface area contributed by atoms with E-state index < -0.39 is 19.9 Å². The largest absolute Gasteiger partial charge is 0.329 e. The van der Waals surface area contributed by atoms with Gasteiger partial charge in [-0.15, -0.1) is 0 Å². The van der Waals surface area contributed by atoms with Crippen molar-refractivity contribution in [1.82, 2.24) is 4.31 Å². The molecule has 8 heteroatoms. The fourth-order valence-corrected chi connectivity index (χ4v) is 7.92. The first kappa shape index (κ1) is 18.8. The second-order valence-electron chi connectivity index (χ2n) is 7.39. The summed E-state index contributed by atoms with van der Waals surface area (Å²) in [5.41, 5.74) is 2.63. The summed E-state index contributed by atoms with van der Waals surface area (Å²) in [4.78, 5) is 1.65. The molecule has 140 valence electrons. The molecule has 1 N–H and O–H groups in total. The van der Waals surface area contributed by atoms with Crippen LogP contribution in [0, 0.1) is 20.8 Å². The van der Waals surface area contributed by atoms with Gasteiger partial charge in [0.2, 0.25) is 10.0 Å². The van der Waals surface area contributed by atoms with Crippen molar-refractivity contribution < 1.29 is 21.7 Å². The van der Waals surface area contributed by atoms with E-state index in [2.05, 4.69) is 0 Å². The Morgan fingerprint density at radius 1 is 1.08 bits per heavy atom. The van der Waals surface area contributed by atoms with Crippen LogP contribution in [-0.4, -0.2) is 64.9 Å². The minimum Gasteiger partial charge on any atom is -0.329 e. The summed E-state index contributed by atoms with van der Waals surface area (Å²) in [5, 5.41) is 0. The third kappa shape index (κ3) is 3.77. The van der Waals surface area contributed by atoms with E-state index in [1.807, 2.05) is 32.9 Å². The van der Waals surface area contributed by atoms with Gasteiger partial charge in [-0.3, -0.25) is 0 Å². The van der Waals surface area contributed by atoms with Crippen molar-refractivity contribution in [1.29, 1.82) is 0 Å². The number of hydrogen-bond donors (Lipinski definition) is 1. The highest BCUT2D eigenvalue weighted by molar-refractivity contribution is 7.91. The molecule has 1 atom stereocenters. The van der Waals surface area contributed by atoms with E-state index in [9.17, 15) is 16.8 Å². The highest BCUT2D eigenvalue weighted by Crippen LogP contribution is 2.25. The Morgan fingerprint density at radius 2 is 1.64 bits per heavy atom. The molecule has 0 saturated carbocycles. The maximum Gasteiger partial charge on any atom is 0.244 e. The summed E-state index contributed by atoms with van der Waals surface area (Å²) in [7, 11) is -6.41. The van der Waals surface area contributed by atoms with Crippen molar-refractivity contribution in [3.8, 4) is 0 Å². The highest BCUT2D eigenvalue weighted by atomic mass is 32.2. The zero-order valence-electron chi connectivity index (χ0n) is 15.1. The number of rotatable bonds is 3. The van der Waals surface area contributed by atoms with Crippen LogP contribution < -0.4 is 4.90 Å². The molecule has 1 aromatic rings. The van der Waals surface area contributed by atoms with E-state index in [1.165, 1.54) is 4.90 Å². The number of sulfone groups is 1. The molecule has 2 saturated heterocycles. The average Bonchev–Trinajstić information content (AvgIpc) is 2.86. The second-order valence-corrected chi connectivity index (χ2v) is 11.5. The number of hydrogen-bond acceptors (Lipinski definition) is 4. The summed E-state index contributed by atoms with van der Waals surface area (Å²) in [6.45, 7) is 7.89. The lowest BCUT2D eigenvalue weighted by Crippen LogP contribution is -3.18. The van der Waals surface area contributed by atoms with Gasteiger partial charge in [-0.05, 0) is 31.9 Å². The van der Waals surface area contributed by atoms with Gasteiger partial charge in [0.25, 0.3) is 0 Å². The standard InChI is InChI=1S/C17H26N2O4S2/c1-13-10-14(2)17(15(3)11-13)25(22,23)19-7-5-18(6-8-19)16-4-9-24(20,21)12-16/h10-11,16H,4-9,12H2,1-3H3/p+1/t16-/m0/s1. The van der Waals surface area contributed by atoms with Gasteiger partial charge in [-0.2, -0.15) is 4.31 Å². The summed E-state index contributed by atoms with van der Waals surface area (Å²) in [6.07, 6.45) is 0.695. The summed E-state index contributed by atoms with van der Waals surface area (Å²) in [5.74, 6) is 0.510. The quantitative estimate of drug-likeness (QED) is 0.772. The summed E-state index contributed by atoms with van der Waals surface area (Å²) in [6, 6.07) is 3.94. The van der Waals surface area contributed by atoms with Crippen LogP contribution in [0.5, 0.6) is 0 Å². The fraction of sp³-hybridized carbons (Fsp3) is 0.647. The lowest BCUT2D eigenvalue weighted by atomic mass is 10.1. The van der Waals surface area contributed by atoms with E-state index in [-0.39, 0.29) is 17.5 Å². The molecule has 6 nitrogen and oxygen atoms in total. The molecule has 2 aliphatic heterocycles. The predicted octanol–water partition coefficient (Wildman–Crippen LogP) is -0.312. The third-order valence-electron chi connectivity index (χ3n) is 5.38. The topological polar surface area (TPSA) is 76.0 Å². The molecule has 0 unspecified atom stereocenters. The van der Waals surface area contributed by atoms with Crippen molar-refractivity contribution in [2.45, 2.75) is 38.1 Å². The van der Waals surface area contributed by atoms with Gasteiger partial charge in [0.15, 0.2) is 9.84 Å². The van der Waals surface area contributed by atoms with E-state index >= 15 is 0 Å². The molecular weight excluding hydrogens is 360 g/mol. The van der Waals surface area contributed by atoms with E-state index in [4.69, 9.17) is 0 Å². The van der Waals surface area contributed by atoms with Gasteiger partial charge in [0.1, 0.15) is 11.8 Å². The van der Waals surface area contributed by atoms with Gasteiger partial charge in [-0.1, -0.05) is 17.7 Å². The molecule has 0 bridgehead atoms. The van der Waals surface area contributed by atoms with E-state index in [1.54, 1.807) is 4.31 Å². The monoisotopic (exact) mass is 387 g/mol. The number of nitrogens with one attached hydrogen (secondary N) is 1. The van der Waals surface area contributed by atoms with Crippen molar-refractivity contribution in [3.05, 3.63) is 28.8 Å². The smallest absolute Gasteiger partial charge is 0.244 e. The van der Waals surface area contributed by atoms with Crippen LogP contribution in [-0.2, 0) is 19.9 Å². The first-order valence-corrected chi connectivity index (χ1v) is 12.0. The lowest BCUT2D eigenvalue weighted by molar-refractivity contribution is -0.925. The predicted molar refractivity (Wildman–Crippen MR) is 97.2 cm³/mol. The molecule has 1 aromatic carbocycles. The van der Waals surface area contributed by atoms with Crippen LogP contribution in [0.25, 0.3) is 0 Å². The Hall–Kier alpha value is -0.960. The molecule has 2 fully saturated rings. The van der Waals surface area contributed by atoms with Crippen molar-refractivity contribution in [3.63, 3.8) is 0 Å². The fourth-order valence-electron chi connectivity index (χ4n) is 4.24. The van der Waals surface area contributed by atoms with Crippen LogP contribution >= 0.6 is 0 Å². The molecule has 0 amide bonds. The maximum atomic E-state index is 13.1. The molecule has 25 heavy (non-hydrogen) atoms. The Labute approximate surface area is 150 Å². The highest BCUT2D eigenvalue weighted by Gasteiger charge is 2.39.